The molecule has 4 heteroatoms. The number of nitriles is 1. The Balaban J connectivity index is 1.39. The Morgan fingerprint density at radius 1 is 0.468 bits per heavy atom. The minimum Gasteiger partial charge on any atom is -0.376 e. The smallest absolute Gasteiger partial charge is 0.333 e. The lowest BCUT2D eigenvalue weighted by Crippen LogP contribution is -2.54. The molecule has 10 rings (SSSR count). The number of fused-ring (bicyclic) bond motifs is 8. The molecule has 0 bridgehead atoms. The van der Waals surface area contributed by atoms with E-state index in [1.165, 1.54) is 49.3 Å². The molecule has 0 spiro atoms. The van der Waals surface area contributed by atoms with Crippen LogP contribution < -0.4 is 10.9 Å². The zero-order valence-corrected chi connectivity index (χ0v) is 25.4. The van der Waals surface area contributed by atoms with Gasteiger partial charge >= 0.3 is 6.85 Å². The van der Waals surface area contributed by atoms with E-state index in [-0.39, 0.29) is 6.85 Å². The van der Waals surface area contributed by atoms with Crippen LogP contribution in [0.15, 0.2) is 158 Å². The molecule has 0 atom stereocenters. The van der Waals surface area contributed by atoms with E-state index in [1.54, 1.807) is 0 Å². The predicted molar refractivity (Wildman–Crippen MR) is 196 cm³/mol. The van der Waals surface area contributed by atoms with Crippen molar-refractivity contribution in [3.63, 3.8) is 0 Å². The maximum Gasteiger partial charge on any atom is 0.333 e. The van der Waals surface area contributed by atoms with Crippen molar-refractivity contribution in [3.05, 3.63) is 163 Å². The van der Waals surface area contributed by atoms with Crippen molar-refractivity contribution in [2.75, 3.05) is 0 Å². The number of benzene rings is 7. The predicted octanol–water partition coefficient (Wildman–Crippen LogP) is 9.06. The largest absolute Gasteiger partial charge is 0.376 e. The van der Waals surface area contributed by atoms with Crippen molar-refractivity contribution in [1.82, 2.24) is 9.05 Å². The number of aromatic nitrogens is 2. The van der Waals surface area contributed by atoms with Gasteiger partial charge in [0.05, 0.1) is 22.7 Å². The number of rotatable bonds is 3. The third kappa shape index (κ3) is 3.63. The van der Waals surface area contributed by atoms with E-state index < -0.39 is 0 Å². The zero-order valence-electron chi connectivity index (χ0n) is 25.4. The fraction of sp³-hybridized carbons (Fsp3) is 0. The highest BCUT2D eigenvalue weighted by molar-refractivity contribution is 6.88. The first-order chi connectivity index (χ1) is 23.3. The van der Waals surface area contributed by atoms with Crippen LogP contribution in [0.5, 0.6) is 0 Å². The highest BCUT2D eigenvalue weighted by Gasteiger charge is 2.38. The van der Waals surface area contributed by atoms with Crippen LogP contribution in [0.2, 0.25) is 0 Å². The monoisotopic (exact) mass is 595 g/mol. The van der Waals surface area contributed by atoms with Crippen LogP contribution in [-0.4, -0.2) is 15.9 Å². The fourth-order valence-corrected chi connectivity index (χ4v) is 8.00. The maximum absolute atomic E-state index is 10.7. The van der Waals surface area contributed by atoms with Gasteiger partial charge in [-0.05, 0) is 63.5 Å². The van der Waals surface area contributed by atoms with Crippen molar-refractivity contribution in [2.45, 2.75) is 0 Å². The minimum atomic E-state index is -0.224. The quantitative estimate of drug-likeness (QED) is 0.188. The molecular weight excluding hydrogens is 569 g/mol. The van der Waals surface area contributed by atoms with Crippen molar-refractivity contribution in [2.24, 2.45) is 0 Å². The van der Waals surface area contributed by atoms with E-state index in [9.17, 15) is 5.26 Å². The average Bonchev–Trinajstić information content (AvgIpc) is 3.65. The van der Waals surface area contributed by atoms with E-state index in [0.29, 0.717) is 5.56 Å². The SMILES string of the molecule is N#Cc1ccc2c3ccccc3n3c2c1B(n1c2cc(-c4ccccc4)ccc2c2ccc(-c4ccccc4)cc21)c1ccccc1-3. The first-order valence-electron chi connectivity index (χ1n) is 16.0. The summed E-state index contributed by atoms with van der Waals surface area (Å²) in [5.74, 6) is 0. The molecule has 0 unspecified atom stereocenters. The van der Waals surface area contributed by atoms with Gasteiger partial charge in [-0.15, -0.1) is 0 Å². The summed E-state index contributed by atoms with van der Waals surface area (Å²) in [6.07, 6.45) is 0. The zero-order chi connectivity index (χ0) is 31.1. The van der Waals surface area contributed by atoms with Crippen LogP contribution in [-0.2, 0) is 0 Å². The molecule has 0 saturated carbocycles. The van der Waals surface area contributed by atoms with E-state index in [0.717, 1.165) is 33.2 Å². The van der Waals surface area contributed by atoms with Gasteiger partial charge in [-0.25, -0.2) is 0 Å². The second-order valence-corrected chi connectivity index (χ2v) is 12.4. The van der Waals surface area contributed by atoms with Gasteiger partial charge in [-0.1, -0.05) is 127 Å². The summed E-state index contributed by atoms with van der Waals surface area (Å²) in [5, 5.41) is 15.5. The molecule has 7 aromatic carbocycles. The molecular formula is C43H26BN3. The Morgan fingerprint density at radius 3 is 1.68 bits per heavy atom. The lowest BCUT2D eigenvalue weighted by atomic mass is 9.47. The Hall–Kier alpha value is -6.31. The molecule has 216 valence electrons. The highest BCUT2D eigenvalue weighted by atomic mass is 15.0. The standard InChI is InChI=1S/C43H26BN3/c45-27-32-21-24-36-33-15-7-9-17-38(33)46-39-18-10-8-16-37(39)44(42(32)43(36)46)47-40-25-30(28-11-3-1-4-12-28)19-22-34(40)35-23-20-31(26-41(35)47)29-13-5-2-6-14-29/h1-26H. The van der Waals surface area contributed by atoms with Gasteiger partial charge in [0, 0.05) is 38.3 Å². The Bertz CT molecular complexity index is 2650. The van der Waals surface area contributed by atoms with Crippen LogP contribution >= 0.6 is 0 Å². The van der Waals surface area contributed by atoms with Crippen LogP contribution in [0.3, 0.4) is 0 Å². The summed E-state index contributed by atoms with van der Waals surface area (Å²) in [6, 6.07) is 59.0. The number of hydrogen-bond donors (Lipinski definition) is 0. The second kappa shape index (κ2) is 9.85. The minimum absolute atomic E-state index is 0.224. The number of para-hydroxylation sites is 2. The Labute approximate surface area is 272 Å². The third-order valence-corrected chi connectivity index (χ3v) is 10.0. The molecule has 9 aromatic rings. The van der Waals surface area contributed by atoms with Crippen molar-refractivity contribution < 1.29 is 0 Å². The van der Waals surface area contributed by atoms with E-state index in [1.807, 2.05) is 6.07 Å². The highest BCUT2D eigenvalue weighted by Crippen LogP contribution is 2.38. The molecule has 0 saturated heterocycles. The summed E-state index contributed by atoms with van der Waals surface area (Å²) < 4.78 is 4.89. The Kier molecular flexibility index (Phi) is 5.44. The van der Waals surface area contributed by atoms with Gasteiger partial charge in [-0.3, -0.25) is 0 Å². The third-order valence-electron chi connectivity index (χ3n) is 10.0. The van der Waals surface area contributed by atoms with Crippen molar-refractivity contribution in [3.8, 4) is 34.0 Å². The molecule has 0 fully saturated rings. The normalized spacial score (nSPS) is 12.2. The molecule has 3 heterocycles. The first-order valence-corrected chi connectivity index (χ1v) is 16.0. The summed E-state index contributed by atoms with van der Waals surface area (Å²) in [7, 11) is 0. The van der Waals surface area contributed by atoms with Gasteiger partial charge in [0.25, 0.3) is 0 Å². The van der Waals surface area contributed by atoms with Crippen LogP contribution in [0.25, 0.3) is 71.6 Å². The van der Waals surface area contributed by atoms with E-state index in [2.05, 4.69) is 167 Å². The number of hydrogen-bond acceptors (Lipinski definition) is 1. The molecule has 47 heavy (non-hydrogen) atoms. The summed E-state index contributed by atoms with van der Waals surface area (Å²) in [6.45, 7) is -0.224. The molecule has 0 N–H and O–H groups in total. The van der Waals surface area contributed by atoms with Crippen LogP contribution in [0.1, 0.15) is 5.56 Å². The van der Waals surface area contributed by atoms with Crippen LogP contribution in [0.4, 0.5) is 0 Å². The lowest BCUT2D eigenvalue weighted by Gasteiger charge is -2.29. The molecule has 0 aliphatic carbocycles. The lowest BCUT2D eigenvalue weighted by molar-refractivity contribution is 1.18. The van der Waals surface area contributed by atoms with Gasteiger partial charge in [0.1, 0.15) is 0 Å². The maximum atomic E-state index is 10.7. The van der Waals surface area contributed by atoms with Crippen LogP contribution in [0, 0.1) is 11.3 Å². The second-order valence-electron chi connectivity index (χ2n) is 12.4. The summed E-state index contributed by atoms with van der Waals surface area (Å²) in [4.78, 5) is 0. The van der Waals surface area contributed by atoms with Gasteiger partial charge < -0.3 is 9.05 Å². The topological polar surface area (TPSA) is 33.6 Å². The van der Waals surface area contributed by atoms with Crippen molar-refractivity contribution >= 4 is 61.4 Å². The number of nitrogens with zero attached hydrogens (tertiary/aromatic N) is 3. The summed E-state index contributed by atoms with van der Waals surface area (Å²) in [5.41, 5.74) is 13.4. The fourth-order valence-electron chi connectivity index (χ4n) is 8.00. The van der Waals surface area contributed by atoms with Gasteiger partial charge in [0.15, 0.2) is 0 Å². The Morgan fingerprint density at radius 2 is 1.02 bits per heavy atom. The van der Waals surface area contributed by atoms with E-state index in [4.69, 9.17) is 0 Å². The van der Waals surface area contributed by atoms with Gasteiger partial charge in [0.2, 0.25) is 0 Å². The average molecular weight is 596 g/mol. The van der Waals surface area contributed by atoms with Crippen molar-refractivity contribution in [1.29, 1.82) is 5.26 Å². The van der Waals surface area contributed by atoms with Gasteiger partial charge in [-0.2, -0.15) is 5.26 Å². The van der Waals surface area contributed by atoms with E-state index >= 15 is 0 Å². The molecule has 3 nitrogen and oxygen atoms in total. The molecule has 0 amide bonds. The molecule has 1 aliphatic rings. The molecule has 1 aliphatic heterocycles. The molecule has 0 radical (unpaired) electrons. The first kappa shape index (κ1) is 26.0. The molecule has 2 aromatic heterocycles. The summed E-state index contributed by atoms with van der Waals surface area (Å²) >= 11 is 0.